The number of carbonyl (C=O) groups excluding carboxylic acids is 1. The average molecular weight is 243 g/mol. The van der Waals surface area contributed by atoms with Crippen molar-refractivity contribution in [1.82, 2.24) is 10.3 Å². The summed E-state index contributed by atoms with van der Waals surface area (Å²) in [5.41, 5.74) is 1.19. The molecule has 0 radical (unpaired) electrons. The van der Waals surface area contributed by atoms with Crippen molar-refractivity contribution in [3.8, 4) is 6.07 Å². The van der Waals surface area contributed by atoms with E-state index in [4.69, 9.17) is 5.26 Å². The number of carbonyl (C=O) groups is 1. The van der Waals surface area contributed by atoms with Crippen molar-refractivity contribution in [3.05, 3.63) is 29.6 Å². The van der Waals surface area contributed by atoms with E-state index < -0.39 is 0 Å². The largest absolute Gasteiger partial charge is 0.350 e. The van der Waals surface area contributed by atoms with E-state index >= 15 is 0 Å². The molecule has 1 fully saturated rings. The minimum absolute atomic E-state index is 0.151. The van der Waals surface area contributed by atoms with Gasteiger partial charge in [-0.05, 0) is 36.8 Å². The number of aromatic nitrogens is 1. The lowest BCUT2D eigenvalue weighted by Crippen LogP contribution is -2.30. The minimum atomic E-state index is -0.151. The average Bonchev–Trinajstić information content (AvgIpc) is 3.17. The first-order chi connectivity index (χ1) is 8.69. The monoisotopic (exact) mass is 243 g/mol. The third-order valence-corrected chi connectivity index (χ3v) is 3.49. The number of amides is 1. The first kappa shape index (κ1) is 12.6. The second kappa shape index (κ2) is 5.18. The van der Waals surface area contributed by atoms with Crippen molar-refractivity contribution in [2.45, 2.75) is 32.6 Å². The van der Waals surface area contributed by atoms with Crippen LogP contribution in [0.1, 0.15) is 48.7 Å². The highest BCUT2D eigenvalue weighted by atomic mass is 16.1. The highest BCUT2D eigenvalue weighted by molar-refractivity contribution is 5.92. The molecular formula is C14H17N3O. The highest BCUT2D eigenvalue weighted by Gasteiger charge is 2.41. The first-order valence-electron chi connectivity index (χ1n) is 6.33. The number of nitrogens with one attached hydrogen (secondary N) is 1. The summed E-state index contributed by atoms with van der Waals surface area (Å²) >= 11 is 0. The summed E-state index contributed by atoms with van der Waals surface area (Å²) in [5, 5.41) is 11.6. The van der Waals surface area contributed by atoms with Crippen molar-refractivity contribution < 1.29 is 4.79 Å². The number of hydrogen-bond donors (Lipinski definition) is 1. The van der Waals surface area contributed by atoms with Gasteiger partial charge < -0.3 is 5.32 Å². The molecule has 4 nitrogen and oxygen atoms in total. The normalized spacial score (nSPS) is 15.8. The van der Waals surface area contributed by atoms with Gasteiger partial charge in [0.25, 0.3) is 5.91 Å². The summed E-state index contributed by atoms with van der Waals surface area (Å²) < 4.78 is 0. The maximum Gasteiger partial charge on any atom is 0.269 e. The van der Waals surface area contributed by atoms with E-state index in [9.17, 15) is 4.79 Å². The Hall–Kier alpha value is -1.89. The summed E-state index contributed by atoms with van der Waals surface area (Å²) in [6.07, 6.45) is 6.18. The molecule has 94 valence electrons. The SMILES string of the molecule is CCCC1(CNC(=O)c2ccc(C#N)cn2)CC1. The van der Waals surface area contributed by atoms with E-state index in [0.717, 1.165) is 13.0 Å². The number of nitriles is 1. The minimum Gasteiger partial charge on any atom is -0.350 e. The van der Waals surface area contributed by atoms with Crippen LogP contribution in [-0.4, -0.2) is 17.4 Å². The number of nitrogens with zero attached hydrogens (tertiary/aromatic N) is 2. The van der Waals surface area contributed by atoms with Crippen LogP contribution in [0.5, 0.6) is 0 Å². The van der Waals surface area contributed by atoms with E-state index in [1.165, 1.54) is 25.5 Å². The standard InChI is InChI=1S/C14H17N3O/c1-2-5-14(6-7-14)10-17-13(18)12-4-3-11(8-15)9-16-12/h3-4,9H,2,5-7,10H2,1H3,(H,17,18). The molecule has 1 aromatic heterocycles. The van der Waals surface area contributed by atoms with E-state index in [-0.39, 0.29) is 5.91 Å². The Morgan fingerprint density at radius 3 is 2.83 bits per heavy atom. The molecule has 0 aromatic carbocycles. The Bertz CT molecular complexity index is 469. The van der Waals surface area contributed by atoms with Gasteiger partial charge in [-0.15, -0.1) is 0 Å². The van der Waals surface area contributed by atoms with Crippen LogP contribution in [0.25, 0.3) is 0 Å². The Kier molecular flexibility index (Phi) is 3.61. The second-order valence-corrected chi connectivity index (χ2v) is 4.98. The van der Waals surface area contributed by atoms with Crippen LogP contribution in [0.2, 0.25) is 0 Å². The lowest BCUT2D eigenvalue weighted by atomic mass is 10.0. The van der Waals surface area contributed by atoms with Crippen molar-refractivity contribution in [1.29, 1.82) is 5.26 Å². The van der Waals surface area contributed by atoms with Gasteiger partial charge in [0, 0.05) is 12.7 Å². The van der Waals surface area contributed by atoms with Gasteiger partial charge in [-0.3, -0.25) is 4.79 Å². The molecule has 1 N–H and O–H groups in total. The van der Waals surface area contributed by atoms with Gasteiger partial charge in [0.1, 0.15) is 11.8 Å². The van der Waals surface area contributed by atoms with Crippen LogP contribution in [-0.2, 0) is 0 Å². The molecule has 1 saturated carbocycles. The van der Waals surface area contributed by atoms with Crippen LogP contribution in [0.15, 0.2) is 18.3 Å². The summed E-state index contributed by atoms with van der Waals surface area (Å²) in [6.45, 7) is 2.91. The molecule has 4 heteroatoms. The molecular weight excluding hydrogens is 226 g/mol. The van der Waals surface area contributed by atoms with E-state index in [0.29, 0.717) is 16.7 Å². The zero-order valence-electron chi connectivity index (χ0n) is 10.6. The molecule has 1 amide bonds. The van der Waals surface area contributed by atoms with Crippen LogP contribution in [0, 0.1) is 16.7 Å². The van der Waals surface area contributed by atoms with E-state index in [1.54, 1.807) is 12.1 Å². The molecule has 18 heavy (non-hydrogen) atoms. The first-order valence-corrected chi connectivity index (χ1v) is 6.33. The zero-order chi connectivity index (χ0) is 13.0. The van der Waals surface area contributed by atoms with Crippen molar-refractivity contribution in [3.63, 3.8) is 0 Å². The van der Waals surface area contributed by atoms with Crippen molar-refractivity contribution in [2.75, 3.05) is 6.54 Å². The predicted molar refractivity (Wildman–Crippen MR) is 67.9 cm³/mol. The molecule has 0 unspecified atom stereocenters. The summed E-state index contributed by atoms with van der Waals surface area (Å²) in [5.74, 6) is -0.151. The van der Waals surface area contributed by atoms with Crippen LogP contribution >= 0.6 is 0 Å². The van der Waals surface area contributed by atoms with Gasteiger partial charge in [-0.2, -0.15) is 5.26 Å². The zero-order valence-corrected chi connectivity index (χ0v) is 10.6. The maximum atomic E-state index is 11.9. The lowest BCUT2D eigenvalue weighted by Gasteiger charge is -2.14. The molecule has 1 heterocycles. The van der Waals surface area contributed by atoms with Gasteiger partial charge in [-0.1, -0.05) is 13.3 Å². The molecule has 2 rings (SSSR count). The molecule has 0 aliphatic heterocycles. The second-order valence-electron chi connectivity index (χ2n) is 4.98. The number of hydrogen-bond acceptors (Lipinski definition) is 3. The smallest absolute Gasteiger partial charge is 0.269 e. The third-order valence-electron chi connectivity index (χ3n) is 3.49. The summed E-state index contributed by atoms with van der Waals surface area (Å²) in [6, 6.07) is 5.18. The number of rotatable bonds is 5. The molecule has 0 atom stereocenters. The fourth-order valence-electron chi connectivity index (χ4n) is 2.17. The van der Waals surface area contributed by atoms with Gasteiger partial charge in [-0.25, -0.2) is 4.98 Å². The summed E-state index contributed by atoms with van der Waals surface area (Å²) in [7, 11) is 0. The molecule has 0 saturated heterocycles. The van der Waals surface area contributed by atoms with Crippen LogP contribution in [0.4, 0.5) is 0 Å². The predicted octanol–water partition coefficient (Wildman–Crippen LogP) is 2.26. The Labute approximate surface area is 107 Å². The molecule has 1 aromatic rings. The maximum absolute atomic E-state index is 11.9. The van der Waals surface area contributed by atoms with Gasteiger partial charge in [0.2, 0.25) is 0 Å². The van der Waals surface area contributed by atoms with Crippen LogP contribution < -0.4 is 5.32 Å². The number of pyridine rings is 1. The topological polar surface area (TPSA) is 65.8 Å². The molecule has 1 aliphatic carbocycles. The highest BCUT2D eigenvalue weighted by Crippen LogP contribution is 2.48. The lowest BCUT2D eigenvalue weighted by molar-refractivity contribution is 0.0938. The molecule has 0 spiro atoms. The van der Waals surface area contributed by atoms with Crippen LogP contribution in [0.3, 0.4) is 0 Å². The fraction of sp³-hybridized carbons (Fsp3) is 0.500. The van der Waals surface area contributed by atoms with Crippen molar-refractivity contribution >= 4 is 5.91 Å². The van der Waals surface area contributed by atoms with Crippen molar-refractivity contribution in [2.24, 2.45) is 5.41 Å². The summed E-state index contributed by atoms with van der Waals surface area (Å²) in [4.78, 5) is 15.8. The van der Waals surface area contributed by atoms with E-state index in [2.05, 4.69) is 17.2 Å². The Balaban J connectivity index is 1.90. The fourth-order valence-corrected chi connectivity index (χ4v) is 2.17. The molecule has 0 bridgehead atoms. The molecule has 1 aliphatic rings. The third kappa shape index (κ3) is 2.86. The Morgan fingerprint density at radius 1 is 1.56 bits per heavy atom. The Morgan fingerprint density at radius 2 is 2.33 bits per heavy atom. The van der Waals surface area contributed by atoms with Gasteiger partial charge in [0.05, 0.1) is 5.56 Å². The quantitative estimate of drug-likeness (QED) is 0.862. The van der Waals surface area contributed by atoms with Gasteiger partial charge in [0.15, 0.2) is 0 Å². The van der Waals surface area contributed by atoms with E-state index in [1.807, 2.05) is 6.07 Å². The van der Waals surface area contributed by atoms with Gasteiger partial charge >= 0.3 is 0 Å².